The van der Waals surface area contributed by atoms with Crippen LogP contribution < -0.4 is 0 Å². The number of rotatable bonds is 1. The maximum Gasteiger partial charge on any atom is 0.311 e. The number of methoxy groups -OCH3 is 1. The maximum absolute atomic E-state index is 10.4. The van der Waals surface area contributed by atoms with E-state index in [-0.39, 0.29) is 6.42 Å². The first-order chi connectivity index (χ1) is 4.24. The van der Waals surface area contributed by atoms with Crippen molar-refractivity contribution in [2.24, 2.45) is 0 Å². The van der Waals surface area contributed by atoms with E-state index in [1.54, 1.807) is 0 Å². The minimum absolute atomic E-state index is 0.0402. The predicted molar refractivity (Wildman–Crippen MR) is 27.5 cm³/mol. The summed E-state index contributed by atoms with van der Waals surface area (Å²) >= 11 is 0. The van der Waals surface area contributed by atoms with E-state index in [1.807, 2.05) is 0 Å². The van der Waals surface area contributed by atoms with Gasteiger partial charge < -0.3 is 14.6 Å². The number of carbonyl (C=O) groups is 1. The molecule has 1 fully saturated rings. The van der Waals surface area contributed by atoms with Crippen LogP contribution in [0.5, 0.6) is 0 Å². The predicted octanol–water partition coefficient (Wildman–Crippen LogP) is -0.733. The highest BCUT2D eigenvalue weighted by molar-refractivity contribution is 5.72. The first-order valence-electron chi connectivity index (χ1n) is 2.64. The summed E-state index contributed by atoms with van der Waals surface area (Å²) in [6.07, 6.45) is -1.50. The number of cyclic esters (lactones) is 1. The van der Waals surface area contributed by atoms with Crippen LogP contribution in [0.2, 0.25) is 0 Å². The normalized spacial score (nSPS) is 34.7. The van der Waals surface area contributed by atoms with Crippen LogP contribution in [0.15, 0.2) is 0 Å². The lowest BCUT2D eigenvalue weighted by atomic mass is 10.3. The first kappa shape index (κ1) is 6.51. The minimum atomic E-state index is -0.789. The van der Waals surface area contributed by atoms with Gasteiger partial charge in [0.25, 0.3) is 0 Å². The van der Waals surface area contributed by atoms with E-state index in [0.29, 0.717) is 0 Å². The zero-order chi connectivity index (χ0) is 6.85. The Kier molecular flexibility index (Phi) is 1.68. The van der Waals surface area contributed by atoms with E-state index < -0.39 is 18.4 Å². The summed E-state index contributed by atoms with van der Waals surface area (Å²) < 4.78 is 9.11. The van der Waals surface area contributed by atoms with Crippen molar-refractivity contribution in [2.45, 2.75) is 18.8 Å². The van der Waals surface area contributed by atoms with Crippen molar-refractivity contribution >= 4 is 5.97 Å². The molecular weight excluding hydrogens is 124 g/mol. The Morgan fingerprint density at radius 1 is 1.89 bits per heavy atom. The van der Waals surface area contributed by atoms with Crippen LogP contribution in [-0.2, 0) is 14.3 Å². The van der Waals surface area contributed by atoms with Gasteiger partial charge >= 0.3 is 5.97 Å². The minimum Gasteiger partial charge on any atom is -0.433 e. The van der Waals surface area contributed by atoms with Gasteiger partial charge in [0.15, 0.2) is 0 Å². The van der Waals surface area contributed by atoms with Gasteiger partial charge in [0, 0.05) is 7.11 Å². The Morgan fingerprint density at radius 3 is 2.78 bits per heavy atom. The van der Waals surface area contributed by atoms with Crippen LogP contribution in [0.1, 0.15) is 6.42 Å². The number of aliphatic hydroxyl groups is 1. The van der Waals surface area contributed by atoms with Crippen LogP contribution >= 0.6 is 0 Å². The van der Waals surface area contributed by atoms with Crippen LogP contribution in [0.25, 0.3) is 0 Å². The Bertz CT molecular complexity index is 122. The van der Waals surface area contributed by atoms with Gasteiger partial charge in [-0.1, -0.05) is 0 Å². The molecule has 0 spiro atoms. The molecule has 1 aliphatic heterocycles. The number of aliphatic hydroxyl groups excluding tert-OH is 1. The Morgan fingerprint density at radius 2 is 2.56 bits per heavy atom. The Labute approximate surface area is 52.4 Å². The monoisotopic (exact) mass is 132 g/mol. The summed E-state index contributed by atoms with van der Waals surface area (Å²) in [4.78, 5) is 10.4. The molecule has 0 aromatic rings. The summed E-state index contributed by atoms with van der Waals surface area (Å²) in [6.45, 7) is 0. The molecule has 2 atom stereocenters. The SMILES string of the molecule is COC1OC(=O)CC1O. The van der Waals surface area contributed by atoms with Crippen molar-refractivity contribution in [3.8, 4) is 0 Å². The summed E-state index contributed by atoms with van der Waals surface area (Å²) in [5, 5.41) is 8.89. The van der Waals surface area contributed by atoms with Crippen molar-refractivity contribution < 1.29 is 19.4 Å². The van der Waals surface area contributed by atoms with Gasteiger partial charge in [-0.15, -0.1) is 0 Å². The van der Waals surface area contributed by atoms with Crippen LogP contribution in [-0.4, -0.2) is 30.6 Å². The number of carbonyl (C=O) groups excluding carboxylic acids is 1. The molecule has 9 heavy (non-hydrogen) atoms. The van der Waals surface area contributed by atoms with Gasteiger partial charge in [-0.25, -0.2) is 0 Å². The molecule has 1 saturated heterocycles. The fraction of sp³-hybridized carbons (Fsp3) is 0.800. The second-order valence-electron chi connectivity index (χ2n) is 1.87. The largest absolute Gasteiger partial charge is 0.433 e. The third-order valence-corrected chi connectivity index (χ3v) is 1.17. The average Bonchev–Trinajstić information content (AvgIpc) is 2.10. The molecule has 0 aromatic heterocycles. The van der Waals surface area contributed by atoms with E-state index in [0.717, 1.165) is 0 Å². The highest BCUT2D eigenvalue weighted by Crippen LogP contribution is 2.14. The number of ether oxygens (including phenoxy) is 2. The van der Waals surface area contributed by atoms with Crippen molar-refractivity contribution in [3.63, 3.8) is 0 Å². The van der Waals surface area contributed by atoms with Gasteiger partial charge in [-0.05, 0) is 0 Å². The topological polar surface area (TPSA) is 55.8 Å². The zero-order valence-corrected chi connectivity index (χ0v) is 5.03. The fourth-order valence-corrected chi connectivity index (χ4v) is 0.728. The molecule has 52 valence electrons. The third kappa shape index (κ3) is 1.20. The molecule has 1 aliphatic rings. The molecular formula is C5H8O4. The number of hydrogen-bond donors (Lipinski definition) is 1. The highest BCUT2D eigenvalue weighted by atomic mass is 16.7. The second-order valence-corrected chi connectivity index (χ2v) is 1.87. The standard InChI is InChI=1S/C5H8O4/c1-8-5-3(6)2-4(7)9-5/h3,5-6H,2H2,1H3. The van der Waals surface area contributed by atoms with Crippen LogP contribution in [0, 0.1) is 0 Å². The zero-order valence-electron chi connectivity index (χ0n) is 5.03. The molecule has 4 nitrogen and oxygen atoms in total. The number of esters is 1. The number of hydrogen-bond acceptors (Lipinski definition) is 4. The molecule has 4 heteroatoms. The van der Waals surface area contributed by atoms with E-state index in [2.05, 4.69) is 9.47 Å². The van der Waals surface area contributed by atoms with Gasteiger partial charge in [-0.2, -0.15) is 0 Å². The van der Waals surface area contributed by atoms with Gasteiger partial charge in [0.2, 0.25) is 6.29 Å². The van der Waals surface area contributed by atoms with E-state index in [1.165, 1.54) is 7.11 Å². The van der Waals surface area contributed by atoms with E-state index in [4.69, 9.17) is 5.11 Å². The lowest BCUT2D eigenvalue weighted by Gasteiger charge is -2.08. The summed E-state index contributed by atoms with van der Waals surface area (Å²) in [7, 11) is 1.38. The molecule has 2 unspecified atom stereocenters. The fourth-order valence-electron chi connectivity index (χ4n) is 0.728. The summed E-state index contributed by atoms with van der Waals surface area (Å²) in [5.74, 6) is -0.408. The van der Waals surface area contributed by atoms with Crippen LogP contribution in [0.4, 0.5) is 0 Å². The molecule has 0 amide bonds. The lowest BCUT2D eigenvalue weighted by Crippen LogP contribution is -2.22. The molecule has 0 aliphatic carbocycles. The van der Waals surface area contributed by atoms with Gasteiger partial charge in [-0.3, -0.25) is 4.79 Å². The molecule has 1 heterocycles. The Hall–Kier alpha value is -0.610. The molecule has 1 N–H and O–H groups in total. The summed E-state index contributed by atoms with van der Waals surface area (Å²) in [5.41, 5.74) is 0. The van der Waals surface area contributed by atoms with Crippen molar-refractivity contribution in [3.05, 3.63) is 0 Å². The molecule has 0 bridgehead atoms. The highest BCUT2D eigenvalue weighted by Gasteiger charge is 2.32. The third-order valence-electron chi connectivity index (χ3n) is 1.17. The van der Waals surface area contributed by atoms with Crippen molar-refractivity contribution in [1.82, 2.24) is 0 Å². The average molecular weight is 132 g/mol. The molecule has 1 rings (SSSR count). The molecule has 0 radical (unpaired) electrons. The summed E-state index contributed by atoms with van der Waals surface area (Å²) in [6, 6.07) is 0. The quantitative estimate of drug-likeness (QED) is 0.478. The first-order valence-corrected chi connectivity index (χ1v) is 2.64. The second kappa shape index (κ2) is 2.33. The van der Waals surface area contributed by atoms with E-state index >= 15 is 0 Å². The molecule has 0 saturated carbocycles. The van der Waals surface area contributed by atoms with Crippen molar-refractivity contribution in [2.75, 3.05) is 7.11 Å². The van der Waals surface area contributed by atoms with Crippen molar-refractivity contribution in [1.29, 1.82) is 0 Å². The van der Waals surface area contributed by atoms with E-state index in [9.17, 15) is 4.79 Å². The Balaban J connectivity index is 2.47. The smallest absolute Gasteiger partial charge is 0.311 e. The van der Waals surface area contributed by atoms with Gasteiger partial charge in [0.05, 0.1) is 6.42 Å². The van der Waals surface area contributed by atoms with Gasteiger partial charge in [0.1, 0.15) is 6.10 Å². The lowest BCUT2D eigenvalue weighted by molar-refractivity contribution is -0.166. The maximum atomic E-state index is 10.4. The van der Waals surface area contributed by atoms with Crippen LogP contribution in [0.3, 0.4) is 0 Å². The molecule has 0 aromatic carbocycles.